The van der Waals surface area contributed by atoms with Gasteiger partial charge in [-0.3, -0.25) is 4.79 Å². The van der Waals surface area contributed by atoms with E-state index in [1.807, 2.05) is 6.92 Å². The third kappa shape index (κ3) is 4.18. The largest absolute Gasteiger partial charge is 0.393 e. The molecule has 20 heavy (non-hydrogen) atoms. The number of aliphatic hydroxyl groups is 2. The predicted molar refractivity (Wildman–Crippen MR) is 78.0 cm³/mol. The summed E-state index contributed by atoms with van der Waals surface area (Å²) in [6.07, 6.45) is 10.5. The maximum atomic E-state index is 11.7. The van der Waals surface area contributed by atoms with Crippen molar-refractivity contribution in [3.8, 4) is 0 Å². The van der Waals surface area contributed by atoms with Gasteiger partial charge in [-0.2, -0.15) is 0 Å². The van der Waals surface area contributed by atoms with Crippen LogP contribution in [-0.4, -0.2) is 34.4 Å². The molecule has 0 spiro atoms. The molecule has 4 heteroatoms. The molecule has 0 aromatic heterocycles. The molecule has 1 heterocycles. The van der Waals surface area contributed by atoms with E-state index >= 15 is 0 Å². The molecule has 0 unspecified atom stereocenters. The summed E-state index contributed by atoms with van der Waals surface area (Å²) in [5.74, 6) is 0.0493. The summed E-state index contributed by atoms with van der Waals surface area (Å²) >= 11 is 0. The third-order valence-corrected chi connectivity index (χ3v) is 4.30. The molecule has 4 nitrogen and oxygen atoms in total. The molecule has 1 saturated carbocycles. The fraction of sp³-hybridized carbons (Fsp3) is 0.688. The molecule has 1 fully saturated rings. The van der Waals surface area contributed by atoms with Crippen LogP contribution >= 0.6 is 0 Å². The van der Waals surface area contributed by atoms with Crippen LogP contribution in [-0.2, 0) is 4.79 Å². The van der Waals surface area contributed by atoms with Crippen molar-refractivity contribution in [3.63, 3.8) is 0 Å². The molecule has 0 aromatic rings. The van der Waals surface area contributed by atoms with Gasteiger partial charge >= 0.3 is 0 Å². The number of rotatable bonds is 0. The highest BCUT2D eigenvalue weighted by Gasteiger charge is 2.35. The first-order valence-corrected chi connectivity index (χ1v) is 7.57. The second-order valence-corrected chi connectivity index (χ2v) is 6.07. The number of allylic oxidation sites excluding steroid dienone is 2. The number of aliphatic hydroxyl groups excluding tert-OH is 2. The van der Waals surface area contributed by atoms with Gasteiger partial charge in [0, 0.05) is 12.1 Å². The number of carbonyl (C=O) groups is 1. The van der Waals surface area contributed by atoms with Crippen molar-refractivity contribution in [3.05, 3.63) is 24.3 Å². The minimum atomic E-state index is -0.677. The van der Waals surface area contributed by atoms with E-state index in [-0.39, 0.29) is 29.9 Å². The second-order valence-electron chi connectivity index (χ2n) is 6.07. The first kappa shape index (κ1) is 15.3. The molecule has 0 radical (unpaired) electrons. The lowest BCUT2D eigenvalue weighted by Gasteiger charge is -2.19. The maximum absolute atomic E-state index is 11.7. The fourth-order valence-corrected chi connectivity index (χ4v) is 3.19. The highest BCUT2D eigenvalue weighted by atomic mass is 16.3. The number of carbonyl (C=O) groups excluding carboxylic acids is 1. The van der Waals surface area contributed by atoms with Crippen LogP contribution in [0.15, 0.2) is 24.3 Å². The van der Waals surface area contributed by atoms with Crippen molar-refractivity contribution >= 4 is 5.91 Å². The lowest BCUT2D eigenvalue weighted by atomic mass is 9.90. The Balaban J connectivity index is 2.11. The molecule has 5 atom stereocenters. The quantitative estimate of drug-likeness (QED) is 0.589. The summed E-state index contributed by atoms with van der Waals surface area (Å²) in [5.41, 5.74) is 0. The second kappa shape index (κ2) is 7.04. The van der Waals surface area contributed by atoms with E-state index in [2.05, 4.69) is 17.5 Å². The maximum Gasteiger partial charge on any atom is 0.243 e. The Morgan fingerprint density at radius 2 is 2.05 bits per heavy atom. The Labute approximate surface area is 120 Å². The number of nitrogens with one attached hydrogen (secondary N) is 1. The van der Waals surface area contributed by atoms with Gasteiger partial charge in [0.25, 0.3) is 0 Å². The van der Waals surface area contributed by atoms with Crippen molar-refractivity contribution < 1.29 is 15.0 Å². The van der Waals surface area contributed by atoms with Gasteiger partial charge in [-0.1, -0.05) is 18.2 Å². The summed E-state index contributed by atoms with van der Waals surface area (Å²) in [4.78, 5) is 11.7. The molecule has 3 N–H and O–H groups in total. The summed E-state index contributed by atoms with van der Waals surface area (Å²) < 4.78 is 0. The van der Waals surface area contributed by atoms with Crippen LogP contribution in [0.3, 0.4) is 0 Å². The molecule has 2 rings (SSSR count). The number of amides is 1. The predicted octanol–water partition coefficient (Wildman–Crippen LogP) is 1.54. The monoisotopic (exact) mass is 279 g/mol. The zero-order valence-electron chi connectivity index (χ0n) is 12.0. The first-order valence-electron chi connectivity index (χ1n) is 7.57. The van der Waals surface area contributed by atoms with Gasteiger partial charge in [0.15, 0.2) is 0 Å². The summed E-state index contributed by atoms with van der Waals surface area (Å²) in [5, 5.41) is 22.9. The topological polar surface area (TPSA) is 69.6 Å². The van der Waals surface area contributed by atoms with E-state index < -0.39 is 6.10 Å². The fourth-order valence-electron chi connectivity index (χ4n) is 3.19. The van der Waals surface area contributed by atoms with E-state index in [0.29, 0.717) is 12.8 Å². The van der Waals surface area contributed by atoms with Gasteiger partial charge in [-0.25, -0.2) is 0 Å². The lowest BCUT2D eigenvalue weighted by molar-refractivity contribution is -0.117. The van der Waals surface area contributed by atoms with Gasteiger partial charge in [-0.15, -0.1) is 0 Å². The number of hydrogen-bond acceptors (Lipinski definition) is 3. The Morgan fingerprint density at radius 1 is 1.25 bits per heavy atom. The lowest BCUT2D eigenvalue weighted by Crippen LogP contribution is -2.31. The van der Waals surface area contributed by atoms with E-state index in [9.17, 15) is 15.0 Å². The van der Waals surface area contributed by atoms with Crippen molar-refractivity contribution in [2.75, 3.05) is 0 Å². The van der Waals surface area contributed by atoms with Crippen LogP contribution in [0.4, 0.5) is 0 Å². The van der Waals surface area contributed by atoms with E-state index in [4.69, 9.17) is 0 Å². The average molecular weight is 279 g/mol. The van der Waals surface area contributed by atoms with E-state index in [0.717, 1.165) is 19.3 Å². The van der Waals surface area contributed by atoms with Gasteiger partial charge in [0.1, 0.15) is 0 Å². The molecule has 1 aliphatic carbocycles. The zero-order chi connectivity index (χ0) is 14.5. The Morgan fingerprint density at radius 3 is 2.85 bits per heavy atom. The van der Waals surface area contributed by atoms with E-state index in [1.165, 1.54) is 6.08 Å². The van der Waals surface area contributed by atoms with Crippen LogP contribution in [0.5, 0.6) is 0 Å². The molecule has 1 aliphatic heterocycles. The standard InChI is InChI=1S/C16H25NO3/c1-11-5-3-2-4-6-12-9-13(18)10-14(12)15(19)7-8-16(20)17-11/h4,6-8,11-15,18-19H,2-3,5,9-10H2,1H3,(H,17,20)/b6-4+,8-7+/t11-,12+,13-,14+,15-/m0/s1. The van der Waals surface area contributed by atoms with Crippen molar-refractivity contribution in [2.45, 2.75) is 57.3 Å². The van der Waals surface area contributed by atoms with Crippen LogP contribution in [0.25, 0.3) is 0 Å². The van der Waals surface area contributed by atoms with Crippen LogP contribution in [0, 0.1) is 11.8 Å². The molecule has 112 valence electrons. The van der Waals surface area contributed by atoms with Gasteiger partial charge < -0.3 is 15.5 Å². The van der Waals surface area contributed by atoms with Gasteiger partial charge in [-0.05, 0) is 50.9 Å². The van der Waals surface area contributed by atoms with Crippen LogP contribution < -0.4 is 5.32 Å². The highest BCUT2D eigenvalue weighted by Crippen LogP contribution is 2.36. The number of fused-ring (bicyclic) bond motifs is 1. The molecule has 0 saturated heterocycles. The van der Waals surface area contributed by atoms with Crippen molar-refractivity contribution in [2.24, 2.45) is 11.8 Å². The normalized spacial score (nSPS) is 42.5. The summed E-state index contributed by atoms with van der Waals surface area (Å²) in [7, 11) is 0. The molecular weight excluding hydrogens is 254 g/mol. The van der Waals surface area contributed by atoms with Crippen LogP contribution in [0.1, 0.15) is 39.0 Å². The summed E-state index contributed by atoms with van der Waals surface area (Å²) in [6, 6.07) is 0.153. The molecule has 1 amide bonds. The number of hydrogen-bond donors (Lipinski definition) is 3. The minimum absolute atomic E-state index is 0.00322. The Kier molecular flexibility index (Phi) is 5.38. The third-order valence-electron chi connectivity index (χ3n) is 4.30. The van der Waals surface area contributed by atoms with Crippen molar-refractivity contribution in [1.29, 1.82) is 0 Å². The summed E-state index contributed by atoms with van der Waals surface area (Å²) in [6.45, 7) is 2.00. The van der Waals surface area contributed by atoms with E-state index in [1.54, 1.807) is 6.08 Å². The van der Waals surface area contributed by atoms with Gasteiger partial charge in [0.2, 0.25) is 5.91 Å². The molecular formula is C16H25NO3. The minimum Gasteiger partial charge on any atom is -0.393 e. The molecule has 0 aromatic carbocycles. The average Bonchev–Trinajstić information content (AvgIpc) is 2.76. The van der Waals surface area contributed by atoms with Crippen LogP contribution in [0.2, 0.25) is 0 Å². The van der Waals surface area contributed by atoms with Crippen molar-refractivity contribution in [1.82, 2.24) is 5.32 Å². The highest BCUT2D eigenvalue weighted by molar-refractivity contribution is 5.87. The Bertz CT molecular complexity index is 391. The molecule has 2 aliphatic rings. The smallest absolute Gasteiger partial charge is 0.243 e. The molecule has 0 bridgehead atoms. The zero-order valence-corrected chi connectivity index (χ0v) is 12.0. The SMILES string of the molecule is C[C@H]1CCC/C=C/[C@@H]2C[C@H](O)C[C@H]2[C@@H](O)/C=C/C(=O)N1. The first-order chi connectivity index (χ1) is 9.56. The Hall–Kier alpha value is -1.13. The van der Waals surface area contributed by atoms with Gasteiger partial charge in [0.05, 0.1) is 12.2 Å².